The highest BCUT2D eigenvalue weighted by Gasteiger charge is 2.24. The van der Waals surface area contributed by atoms with Crippen molar-refractivity contribution in [1.82, 2.24) is 0 Å². The van der Waals surface area contributed by atoms with Gasteiger partial charge in [0.25, 0.3) is 20.0 Å². The van der Waals surface area contributed by atoms with Gasteiger partial charge in [0.15, 0.2) is 0 Å². The molecule has 0 fully saturated rings. The Morgan fingerprint density at radius 1 is 0.560 bits per heavy atom. The first-order chi connectivity index (χ1) is 23.8. The number of esters is 2. The van der Waals surface area contributed by atoms with E-state index in [4.69, 9.17) is 9.47 Å². The minimum Gasteiger partial charge on any atom is -0.465 e. The van der Waals surface area contributed by atoms with E-state index in [9.17, 15) is 26.4 Å². The van der Waals surface area contributed by atoms with Crippen molar-refractivity contribution >= 4 is 88.7 Å². The topological polar surface area (TPSA) is 145 Å². The summed E-state index contributed by atoms with van der Waals surface area (Å²) < 4.78 is 65.0. The van der Waals surface area contributed by atoms with E-state index in [1.165, 1.54) is 83.8 Å². The van der Waals surface area contributed by atoms with Gasteiger partial charge in [0.2, 0.25) is 0 Å². The number of carbonyl (C=O) groups excluding carboxylic acids is 2. The Kier molecular flexibility index (Phi) is 11.6. The molecule has 4 heterocycles. The number of aryl methyl sites for hydroxylation is 2. The SMILES string of the molecule is COC(=O)c1sc(-c2cccs2)cc1NS(=O)(=O)c1ccc(C)cc1.COC(=O)c1sc(-c2cccs2)cc1NS(=O)(=O)c1ccc(C)cc1. The van der Waals surface area contributed by atoms with Crippen molar-refractivity contribution in [2.24, 2.45) is 0 Å². The molecule has 0 aliphatic carbocycles. The number of hydrogen-bond donors (Lipinski definition) is 2. The smallest absolute Gasteiger partial charge is 0.350 e. The molecule has 0 saturated carbocycles. The average Bonchev–Trinajstić information content (AvgIpc) is 3.92. The Balaban J connectivity index is 0.000000194. The van der Waals surface area contributed by atoms with Crippen LogP contribution in [0.3, 0.4) is 0 Å². The summed E-state index contributed by atoms with van der Waals surface area (Å²) in [5.41, 5.74) is 2.37. The van der Waals surface area contributed by atoms with E-state index >= 15 is 0 Å². The van der Waals surface area contributed by atoms with Crippen LogP contribution in [0.2, 0.25) is 0 Å². The average molecular weight is 787 g/mol. The van der Waals surface area contributed by atoms with E-state index < -0.39 is 32.0 Å². The molecule has 260 valence electrons. The molecule has 0 radical (unpaired) electrons. The van der Waals surface area contributed by atoms with Gasteiger partial charge in [-0.1, -0.05) is 47.5 Å². The molecule has 0 amide bonds. The summed E-state index contributed by atoms with van der Waals surface area (Å²) in [4.78, 5) is 28.3. The number of anilines is 2. The monoisotopic (exact) mass is 786 g/mol. The molecular formula is C34H30N2O8S6. The van der Waals surface area contributed by atoms with Crippen molar-refractivity contribution in [3.8, 4) is 19.5 Å². The standard InChI is InChI=1S/2C17H15NO4S3/c2*1-11-5-7-12(8-6-11)25(20,21)18-13-10-15(14-4-3-9-23-14)24-16(13)17(19)22-2/h2*3-10,18H,1-2H3. The van der Waals surface area contributed by atoms with E-state index in [0.717, 1.165) is 30.6 Å². The summed E-state index contributed by atoms with van der Waals surface area (Å²) in [7, 11) is -5.06. The van der Waals surface area contributed by atoms with Gasteiger partial charge in [-0.2, -0.15) is 0 Å². The molecule has 0 aliphatic rings. The van der Waals surface area contributed by atoms with Crippen molar-refractivity contribution in [2.45, 2.75) is 23.6 Å². The normalized spacial score (nSPS) is 11.3. The Morgan fingerprint density at radius 3 is 1.22 bits per heavy atom. The first-order valence-corrected chi connectivity index (χ1v) is 20.9. The number of ether oxygens (including phenoxy) is 2. The number of sulfonamides is 2. The highest BCUT2D eigenvalue weighted by Crippen LogP contribution is 2.39. The third kappa shape index (κ3) is 8.69. The van der Waals surface area contributed by atoms with E-state index in [1.807, 2.05) is 48.9 Å². The van der Waals surface area contributed by atoms with Crippen molar-refractivity contribution in [3.63, 3.8) is 0 Å². The van der Waals surface area contributed by atoms with E-state index in [2.05, 4.69) is 9.44 Å². The predicted molar refractivity (Wildman–Crippen MR) is 202 cm³/mol. The largest absolute Gasteiger partial charge is 0.465 e. The van der Waals surface area contributed by atoms with Crippen LogP contribution < -0.4 is 9.44 Å². The second kappa shape index (κ2) is 15.7. The Morgan fingerprint density at radius 2 is 0.920 bits per heavy atom. The summed E-state index contributed by atoms with van der Waals surface area (Å²) in [5, 5.41) is 3.84. The van der Waals surface area contributed by atoms with Gasteiger partial charge in [0, 0.05) is 19.5 Å². The first-order valence-electron chi connectivity index (χ1n) is 14.5. The molecule has 0 atom stereocenters. The second-order valence-electron chi connectivity index (χ2n) is 10.5. The number of rotatable bonds is 10. The van der Waals surface area contributed by atoms with E-state index in [0.29, 0.717) is 0 Å². The van der Waals surface area contributed by atoms with Gasteiger partial charge in [0.05, 0.1) is 35.4 Å². The van der Waals surface area contributed by atoms with Gasteiger partial charge in [-0.05, 0) is 73.1 Å². The quantitative estimate of drug-likeness (QED) is 0.131. The van der Waals surface area contributed by atoms with Gasteiger partial charge >= 0.3 is 11.9 Å². The fourth-order valence-corrected chi connectivity index (χ4v) is 10.3. The summed E-state index contributed by atoms with van der Waals surface area (Å²) >= 11 is 5.42. The first kappa shape index (κ1) is 36.9. The highest BCUT2D eigenvalue weighted by atomic mass is 32.2. The van der Waals surface area contributed by atoms with E-state index in [-0.39, 0.29) is 30.9 Å². The molecule has 10 nitrogen and oxygen atoms in total. The second-order valence-corrected chi connectivity index (χ2v) is 17.8. The minimum atomic E-state index is -3.80. The lowest BCUT2D eigenvalue weighted by atomic mass is 10.2. The van der Waals surface area contributed by atoms with Crippen LogP contribution in [-0.2, 0) is 29.5 Å². The number of methoxy groups -OCH3 is 2. The Bertz CT molecular complexity index is 2140. The number of carbonyl (C=O) groups is 2. The molecular weight excluding hydrogens is 757 g/mol. The molecule has 50 heavy (non-hydrogen) atoms. The molecule has 0 unspecified atom stereocenters. The molecule has 0 bridgehead atoms. The zero-order chi connectivity index (χ0) is 36.1. The molecule has 6 rings (SSSR count). The lowest BCUT2D eigenvalue weighted by Crippen LogP contribution is -2.14. The van der Waals surface area contributed by atoms with Crippen molar-refractivity contribution in [2.75, 3.05) is 23.7 Å². The summed E-state index contributed by atoms with van der Waals surface area (Å²) in [5.74, 6) is -1.15. The van der Waals surface area contributed by atoms with Crippen LogP contribution >= 0.6 is 45.3 Å². The van der Waals surface area contributed by atoms with Crippen LogP contribution in [0.25, 0.3) is 19.5 Å². The summed E-state index contributed by atoms with van der Waals surface area (Å²) in [6.45, 7) is 3.76. The van der Waals surface area contributed by atoms with Gasteiger partial charge in [-0.3, -0.25) is 9.44 Å². The number of hydrogen-bond acceptors (Lipinski definition) is 12. The number of benzene rings is 2. The fourth-order valence-electron chi connectivity index (χ4n) is 4.34. The molecule has 6 aromatic rings. The maximum atomic E-state index is 12.6. The van der Waals surface area contributed by atoms with E-state index in [1.54, 1.807) is 36.4 Å². The zero-order valence-electron chi connectivity index (χ0n) is 27.0. The molecule has 4 aromatic heterocycles. The van der Waals surface area contributed by atoms with Crippen LogP contribution in [-0.4, -0.2) is 43.0 Å². The van der Waals surface area contributed by atoms with Crippen molar-refractivity contribution in [1.29, 1.82) is 0 Å². The Labute approximate surface area is 306 Å². The van der Waals surface area contributed by atoms with Crippen LogP contribution in [0, 0.1) is 13.8 Å². The lowest BCUT2D eigenvalue weighted by molar-refractivity contribution is 0.0598. The molecule has 0 aliphatic heterocycles. The van der Waals surface area contributed by atoms with Crippen molar-refractivity contribution in [3.05, 3.63) is 117 Å². The lowest BCUT2D eigenvalue weighted by Gasteiger charge is -2.08. The summed E-state index contributed by atoms with van der Waals surface area (Å²) in [6.07, 6.45) is 0. The van der Waals surface area contributed by atoms with Gasteiger partial charge in [-0.15, -0.1) is 45.3 Å². The minimum absolute atomic E-state index is 0.137. The van der Waals surface area contributed by atoms with Crippen LogP contribution in [0.15, 0.2) is 105 Å². The molecule has 0 saturated heterocycles. The van der Waals surface area contributed by atoms with Gasteiger partial charge in [0.1, 0.15) is 9.75 Å². The highest BCUT2D eigenvalue weighted by molar-refractivity contribution is 7.93. The number of nitrogens with one attached hydrogen (secondary N) is 2. The molecule has 0 spiro atoms. The van der Waals surface area contributed by atoms with Crippen LogP contribution in [0.4, 0.5) is 11.4 Å². The maximum absolute atomic E-state index is 12.6. The fraction of sp³-hybridized carbons (Fsp3) is 0.118. The third-order valence-electron chi connectivity index (χ3n) is 6.88. The predicted octanol–water partition coefficient (Wildman–Crippen LogP) is 8.74. The molecule has 16 heteroatoms. The van der Waals surface area contributed by atoms with Crippen LogP contribution in [0.1, 0.15) is 30.5 Å². The third-order valence-corrected chi connectivity index (χ3v) is 14.0. The maximum Gasteiger partial charge on any atom is 0.350 e. The van der Waals surface area contributed by atoms with Crippen LogP contribution in [0.5, 0.6) is 0 Å². The van der Waals surface area contributed by atoms with Crippen molar-refractivity contribution < 1.29 is 35.9 Å². The van der Waals surface area contributed by atoms with Gasteiger partial charge in [-0.25, -0.2) is 26.4 Å². The molecule has 2 aromatic carbocycles. The zero-order valence-corrected chi connectivity index (χ0v) is 31.9. The number of thiophene rings is 4. The van der Waals surface area contributed by atoms with Gasteiger partial charge < -0.3 is 9.47 Å². The molecule has 2 N–H and O–H groups in total. The summed E-state index contributed by atoms with van der Waals surface area (Å²) in [6, 6.07) is 24.0. The Hall–Kier alpha value is -4.32.